The molecule has 1 aromatic rings. The van der Waals surface area contributed by atoms with Crippen LogP contribution in [0.1, 0.15) is 32.3 Å². The molecule has 1 aliphatic rings. The molecule has 0 N–H and O–H groups in total. The highest BCUT2D eigenvalue weighted by atomic mass is 79.9. The van der Waals surface area contributed by atoms with Gasteiger partial charge in [-0.15, -0.1) is 0 Å². The van der Waals surface area contributed by atoms with Gasteiger partial charge in [0.15, 0.2) is 5.78 Å². The lowest BCUT2D eigenvalue weighted by Gasteiger charge is -2.34. The van der Waals surface area contributed by atoms with Gasteiger partial charge in [0.1, 0.15) is 5.92 Å². The van der Waals surface area contributed by atoms with Crippen molar-refractivity contribution in [2.24, 2.45) is 11.8 Å². The first-order valence-corrected chi connectivity index (χ1v) is 9.00. The number of rotatable bonds is 5. The molecule has 134 valence electrons. The van der Waals surface area contributed by atoms with Crippen molar-refractivity contribution in [2.75, 3.05) is 13.2 Å². The fraction of sp³-hybridized carbons (Fsp3) is 0.421. The van der Waals surface area contributed by atoms with Crippen molar-refractivity contribution in [3.63, 3.8) is 0 Å². The molecule has 0 bridgehead atoms. The van der Waals surface area contributed by atoms with E-state index in [0.29, 0.717) is 5.57 Å². The van der Waals surface area contributed by atoms with E-state index in [4.69, 9.17) is 9.47 Å². The Morgan fingerprint density at radius 1 is 1.00 bits per heavy atom. The SMILES string of the molecule is CCOC(=O)[C@@H]1C(=O)C=C(C)[C@H](C(=O)OCC)[C@@H]1c1ccc(Br)cc1. The second-order valence-corrected chi connectivity index (χ2v) is 6.74. The molecule has 0 spiro atoms. The molecule has 0 aromatic heterocycles. The molecular weight excluding hydrogens is 388 g/mol. The van der Waals surface area contributed by atoms with Gasteiger partial charge in [-0.1, -0.05) is 33.6 Å². The molecule has 2 rings (SSSR count). The van der Waals surface area contributed by atoms with E-state index in [1.807, 2.05) is 12.1 Å². The lowest BCUT2D eigenvalue weighted by molar-refractivity contribution is -0.155. The summed E-state index contributed by atoms with van der Waals surface area (Å²) >= 11 is 3.37. The zero-order valence-electron chi connectivity index (χ0n) is 14.5. The van der Waals surface area contributed by atoms with Crippen LogP contribution in [0.25, 0.3) is 0 Å². The highest BCUT2D eigenvalue weighted by Gasteiger charge is 2.47. The van der Waals surface area contributed by atoms with Crippen LogP contribution in [-0.2, 0) is 23.9 Å². The maximum atomic E-state index is 12.6. The van der Waals surface area contributed by atoms with Gasteiger partial charge in [-0.25, -0.2) is 0 Å². The molecule has 0 radical (unpaired) electrons. The van der Waals surface area contributed by atoms with E-state index in [1.54, 1.807) is 32.9 Å². The van der Waals surface area contributed by atoms with Crippen LogP contribution in [0, 0.1) is 11.8 Å². The zero-order valence-corrected chi connectivity index (χ0v) is 16.0. The molecule has 0 saturated carbocycles. The summed E-state index contributed by atoms with van der Waals surface area (Å²) in [5, 5.41) is 0. The molecule has 1 aromatic carbocycles. The molecule has 6 heteroatoms. The van der Waals surface area contributed by atoms with Gasteiger partial charge in [0.2, 0.25) is 0 Å². The molecule has 0 aliphatic heterocycles. The Kier molecular flexibility index (Phi) is 6.53. The third-order valence-corrected chi connectivity index (χ3v) is 4.75. The van der Waals surface area contributed by atoms with Gasteiger partial charge in [0.05, 0.1) is 19.1 Å². The number of benzene rings is 1. The maximum Gasteiger partial charge on any atom is 0.317 e. The Hall–Kier alpha value is -1.95. The molecule has 0 saturated heterocycles. The third kappa shape index (κ3) is 4.18. The van der Waals surface area contributed by atoms with Crippen molar-refractivity contribution in [1.82, 2.24) is 0 Å². The van der Waals surface area contributed by atoms with Crippen molar-refractivity contribution in [2.45, 2.75) is 26.7 Å². The summed E-state index contributed by atoms with van der Waals surface area (Å²) in [6, 6.07) is 7.24. The minimum Gasteiger partial charge on any atom is -0.466 e. The number of allylic oxidation sites excluding steroid dienone is 1. The lowest BCUT2D eigenvalue weighted by Crippen LogP contribution is -2.41. The van der Waals surface area contributed by atoms with Crippen molar-refractivity contribution in [1.29, 1.82) is 0 Å². The first-order chi connectivity index (χ1) is 11.9. The molecule has 25 heavy (non-hydrogen) atoms. The Morgan fingerprint density at radius 2 is 1.52 bits per heavy atom. The highest BCUT2D eigenvalue weighted by molar-refractivity contribution is 9.10. The van der Waals surface area contributed by atoms with Crippen LogP contribution < -0.4 is 0 Å². The monoisotopic (exact) mass is 408 g/mol. The van der Waals surface area contributed by atoms with Gasteiger partial charge in [-0.3, -0.25) is 14.4 Å². The van der Waals surface area contributed by atoms with E-state index in [9.17, 15) is 14.4 Å². The van der Waals surface area contributed by atoms with Crippen LogP contribution in [0.4, 0.5) is 0 Å². The van der Waals surface area contributed by atoms with Gasteiger partial charge in [-0.2, -0.15) is 0 Å². The number of ether oxygens (including phenoxy) is 2. The highest BCUT2D eigenvalue weighted by Crippen LogP contribution is 2.42. The number of esters is 2. The normalized spacial score (nSPS) is 23.0. The van der Waals surface area contributed by atoms with E-state index in [0.717, 1.165) is 10.0 Å². The van der Waals surface area contributed by atoms with E-state index in [2.05, 4.69) is 15.9 Å². The van der Waals surface area contributed by atoms with Crippen molar-refractivity contribution in [3.05, 3.63) is 46.0 Å². The number of carbonyl (C=O) groups is 3. The second kappa shape index (κ2) is 8.43. The Morgan fingerprint density at radius 3 is 2.04 bits per heavy atom. The summed E-state index contributed by atoms with van der Waals surface area (Å²) in [6.07, 6.45) is 1.36. The van der Waals surface area contributed by atoms with E-state index >= 15 is 0 Å². The summed E-state index contributed by atoms with van der Waals surface area (Å²) < 4.78 is 11.2. The molecule has 0 unspecified atom stereocenters. The summed E-state index contributed by atoms with van der Waals surface area (Å²) in [5.41, 5.74) is 1.32. The first kappa shape index (κ1) is 19.4. The van der Waals surface area contributed by atoms with Gasteiger partial charge >= 0.3 is 11.9 Å². The van der Waals surface area contributed by atoms with Crippen LogP contribution in [0.5, 0.6) is 0 Å². The van der Waals surface area contributed by atoms with E-state index in [1.165, 1.54) is 6.08 Å². The second-order valence-electron chi connectivity index (χ2n) is 5.83. The smallest absolute Gasteiger partial charge is 0.317 e. The fourth-order valence-electron chi connectivity index (χ4n) is 3.19. The molecular formula is C19H21BrO5. The van der Waals surface area contributed by atoms with E-state index in [-0.39, 0.29) is 19.0 Å². The van der Waals surface area contributed by atoms with Crippen LogP contribution >= 0.6 is 15.9 Å². The van der Waals surface area contributed by atoms with Crippen LogP contribution in [-0.4, -0.2) is 30.9 Å². The van der Waals surface area contributed by atoms with Crippen LogP contribution in [0.3, 0.4) is 0 Å². The molecule has 1 aliphatic carbocycles. The summed E-state index contributed by atoms with van der Waals surface area (Å²) in [6.45, 7) is 5.52. The third-order valence-electron chi connectivity index (χ3n) is 4.22. The Balaban J connectivity index is 2.56. The predicted octanol–water partition coefficient (Wildman–Crippen LogP) is 3.42. The molecule has 5 nitrogen and oxygen atoms in total. The van der Waals surface area contributed by atoms with Gasteiger partial charge in [0, 0.05) is 10.4 Å². The molecule has 3 atom stereocenters. The number of halogens is 1. The lowest BCUT2D eigenvalue weighted by atomic mass is 9.68. The summed E-state index contributed by atoms with van der Waals surface area (Å²) in [5.74, 6) is -3.80. The van der Waals surface area contributed by atoms with Gasteiger partial charge in [0.25, 0.3) is 0 Å². The fourth-order valence-corrected chi connectivity index (χ4v) is 3.45. The molecule has 0 fully saturated rings. The maximum absolute atomic E-state index is 12.6. The quantitative estimate of drug-likeness (QED) is 0.551. The van der Waals surface area contributed by atoms with Crippen molar-refractivity contribution in [3.8, 4) is 0 Å². The number of hydrogen-bond donors (Lipinski definition) is 0. The Bertz CT molecular complexity index is 692. The summed E-state index contributed by atoms with van der Waals surface area (Å²) in [4.78, 5) is 37.6. The topological polar surface area (TPSA) is 69.7 Å². The van der Waals surface area contributed by atoms with Crippen LogP contribution in [0.2, 0.25) is 0 Å². The number of hydrogen-bond acceptors (Lipinski definition) is 5. The number of carbonyl (C=O) groups excluding carboxylic acids is 3. The van der Waals surface area contributed by atoms with Crippen molar-refractivity contribution >= 4 is 33.7 Å². The molecule has 0 heterocycles. The van der Waals surface area contributed by atoms with E-state index < -0.39 is 29.7 Å². The predicted molar refractivity (Wildman–Crippen MR) is 95.9 cm³/mol. The molecule has 0 amide bonds. The van der Waals surface area contributed by atoms with Crippen molar-refractivity contribution < 1.29 is 23.9 Å². The average molecular weight is 409 g/mol. The minimum atomic E-state index is -1.06. The van der Waals surface area contributed by atoms with Gasteiger partial charge in [-0.05, 0) is 44.5 Å². The Labute approximate surface area is 155 Å². The van der Waals surface area contributed by atoms with Crippen LogP contribution in [0.15, 0.2) is 40.4 Å². The number of ketones is 1. The standard InChI is InChI=1S/C19H21BrO5/c1-4-24-18(22)15-11(3)10-14(21)17(19(23)25-5-2)16(15)12-6-8-13(20)9-7-12/h6-10,15-17H,4-5H2,1-3H3/t15-,16-,17+/m0/s1. The largest absolute Gasteiger partial charge is 0.466 e. The minimum absolute atomic E-state index is 0.169. The average Bonchev–Trinajstić information content (AvgIpc) is 2.55. The first-order valence-electron chi connectivity index (χ1n) is 8.21. The zero-order chi connectivity index (χ0) is 18.6. The van der Waals surface area contributed by atoms with Gasteiger partial charge < -0.3 is 9.47 Å². The summed E-state index contributed by atoms with van der Waals surface area (Å²) in [7, 11) is 0.